The number of halogens is 1. The molecular formula is C12H15BrN4O3. The van der Waals surface area contributed by atoms with E-state index in [9.17, 15) is 14.9 Å². The van der Waals surface area contributed by atoms with Crippen LogP contribution in [0.25, 0.3) is 0 Å². The van der Waals surface area contributed by atoms with E-state index in [1.807, 2.05) is 4.90 Å². The molecule has 2 heterocycles. The maximum Gasteiger partial charge on any atom is 0.312 e. The summed E-state index contributed by atoms with van der Waals surface area (Å²) in [7, 11) is 0. The Labute approximate surface area is 124 Å². The molecule has 8 heteroatoms. The van der Waals surface area contributed by atoms with Crippen molar-refractivity contribution >= 4 is 33.3 Å². The molecule has 1 saturated heterocycles. The van der Waals surface area contributed by atoms with Crippen molar-refractivity contribution in [3.63, 3.8) is 0 Å². The van der Waals surface area contributed by atoms with Crippen LogP contribution >= 0.6 is 15.9 Å². The number of nitrogens with zero attached hydrogens (tertiary/aromatic N) is 4. The quantitative estimate of drug-likeness (QED) is 0.604. The van der Waals surface area contributed by atoms with Gasteiger partial charge in [0, 0.05) is 49.8 Å². The zero-order chi connectivity index (χ0) is 14.7. The number of aromatic nitrogens is 1. The standard InChI is InChI=1S/C12H15BrN4O3/c1-9(18)15-3-2-4-16(6-5-15)12-11(17(19)20)7-10(13)8-14-12/h7-8H,2-6H2,1H3. The Morgan fingerprint density at radius 2 is 2.15 bits per heavy atom. The van der Waals surface area contributed by atoms with Crippen LogP contribution in [0.4, 0.5) is 11.5 Å². The van der Waals surface area contributed by atoms with E-state index in [1.165, 1.54) is 13.0 Å². The van der Waals surface area contributed by atoms with E-state index in [0.717, 1.165) is 6.42 Å². The summed E-state index contributed by atoms with van der Waals surface area (Å²) >= 11 is 3.19. The molecule has 108 valence electrons. The summed E-state index contributed by atoms with van der Waals surface area (Å²) in [5.41, 5.74) is -0.0179. The van der Waals surface area contributed by atoms with Gasteiger partial charge in [0.2, 0.25) is 11.7 Å². The minimum absolute atomic E-state index is 0.0179. The van der Waals surface area contributed by atoms with Gasteiger partial charge in [-0.25, -0.2) is 4.98 Å². The Bertz CT molecular complexity index is 537. The van der Waals surface area contributed by atoms with Crippen LogP contribution in [-0.2, 0) is 4.79 Å². The fourth-order valence-corrected chi connectivity index (χ4v) is 2.56. The number of nitro groups is 1. The van der Waals surface area contributed by atoms with Crippen molar-refractivity contribution in [3.8, 4) is 0 Å². The number of hydrogen-bond acceptors (Lipinski definition) is 5. The third kappa shape index (κ3) is 3.24. The number of carbonyl (C=O) groups is 1. The molecule has 0 spiro atoms. The lowest BCUT2D eigenvalue weighted by Crippen LogP contribution is -2.34. The minimum Gasteiger partial charge on any atom is -0.349 e. The topological polar surface area (TPSA) is 79.6 Å². The number of rotatable bonds is 2. The highest BCUT2D eigenvalue weighted by Crippen LogP contribution is 2.29. The van der Waals surface area contributed by atoms with E-state index in [-0.39, 0.29) is 11.6 Å². The lowest BCUT2D eigenvalue weighted by molar-refractivity contribution is -0.384. The molecule has 2 rings (SSSR count). The molecule has 20 heavy (non-hydrogen) atoms. The average molecular weight is 343 g/mol. The summed E-state index contributed by atoms with van der Waals surface area (Å²) in [4.78, 5) is 29.9. The maximum absolute atomic E-state index is 11.4. The van der Waals surface area contributed by atoms with E-state index >= 15 is 0 Å². The molecule has 0 unspecified atom stereocenters. The van der Waals surface area contributed by atoms with E-state index in [1.54, 1.807) is 11.1 Å². The molecule has 0 aromatic carbocycles. The summed E-state index contributed by atoms with van der Waals surface area (Å²) in [5, 5.41) is 11.1. The van der Waals surface area contributed by atoms with Crippen molar-refractivity contribution < 1.29 is 9.72 Å². The van der Waals surface area contributed by atoms with Crippen molar-refractivity contribution in [2.75, 3.05) is 31.1 Å². The van der Waals surface area contributed by atoms with Crippen LogP contribution in [-0.4, -0.2) is 46.9 Å². The Balaban J connectivity index is 2.23. The first-order valence-electron chi connectivity index (χ1n) is 6.29. The van der Waals surface area contributed by atoms with E-state index < -0.39 is 4.92 Å². The van der Waals surface area contributed by atoms with E-state index in [4.69, 9.17) is 0 Å². The first kappa shape index (κ1) is 14.7. The largest absolute Gasteiger partial charge is 0.349 e. The maximum atomic E-state index is 11.4. The minimum atomic E-state index is -0.430. The van der Waals surface area contributed by atoms with Crippen LogP contribution in [0.1, 0.15) is 13.3 Å². The van der Waals surface area contributed by atoms with Crippen LogP contribution in [0.15, 0.2) is 16.7 Å². The van der Waals surface area contributed by atoms with Crippen molar-refractivity contribution in [2.24, 2.45) is 0 Å². The van der Waals surface area contributed by atoms with Gasteiger partial charge in [-0.15, -0.1) is 0 Å². The van der Waals surface area contributed by atoms with Gasteiger partial charge in [0.15, 0.2) is 0 Å². The first-order chi connectivity index (χ1) is 9.49. The summed E-state index contributed by atoms with van der Waals surface area (Å²) in [6, 6.07) is 1.45. The van der Waals surface area contributed by atoms with Gasteiger partial charge in [-0.05, 0) is 22.4 Å². The highest BCUT2D eigenvalue weighted by Gasteiger charge is 2.24. The van der Waals surface area contributed by atoms with Crippen molar-refractivity contribution in [2.45, 2.75) is 13.3 Å². The molecule has 0 aliphatic carbocycles. The molecule has 1 aromatic rings. The molecular weight excluding hydrogens is 328 g/mol. The lowest BCUT2D eigenvalue weighted by atomic mass is 10.3. The number of anilines is 1. The molecule has 1 aromatic heterocycles. The molecule has 0 atom stereocenters. The Morgan fingerprint density at radius 1 is 1.40 bits per heavy atom. The zero-order valence-corrected chi connectivity index (χ0v) is 12.7. The molecule has 0 saturated carbocycles. The summed E-state index contributed by atoms with van der Waals surface area (Å²) in [6.45, 7) is 3.98. The van der Waals surface area contributed by atoms with Crippen LogP contribution in [0.2, 0.25) is 0 Å². The second-order valence-electron chi connectivity index (χ2n) is 4.60. The number of hydrogen-bond donors (Lipinski definition) is 0. The Kier molecular flexibility index (Phi) is 4.53. The fourth-order valence-electron chi connectivity index (χ4n) is 2.24. The SMILES string of the molecule is CC(=O)N1CCCN(c2ncc(Br)cc2[N+](=O)[O-])CC1. The molecule has 1 amide bonds. The molecule has 1 fully saturated rings. The molecule has 0 radical (unpaired) electrons. The zero-order valence-electron chi connectivity index (χ0n) is 11.1. The summed E-state index contributed by atoms with van der Waals surface area (Å²) in [6.07, 6.45) is 2.32. The normalized spacial score (nSPS) is 15.9. The third-order valence-corrected chi connectivity index (χ3v) is 3.68. The van der Waals surface area contributed by atoms with Crippen LogP contribution in [0.3, 0.4) is 0 Å². The van der Waals surface area contributed by atoms with Gasteiger partial charge >= 0.3 is 5.69 Å². The van der Waals surface area contributed by atoms with Gasteiger partial charge in [-0.1, -0.05) is 0 Å². The van der Waals surface area contributed by atoms with Gasteiger partial charge < -0.3 is 9.80 Å². The monoisotopic (exact) mass is 342 g/mol. The van der Waals surface area contributed by atoms with Gasteiger partial charge in [0.25, 0.3) is 0 Å². The first-order valence-corrected chi connectivity index (χ1v) is 7.08. The fraction of sp³-hybridized carbons (Fsp3) is 0.500. The Hall–Kier alpha value is -1.70. The smallest absolute Gasteiger partial charge is 0.312 e. The van der Waals surface area contributed by atoms with Gasteiger partial charge in [-0.2, -0.15) is 0 Å². The molecule has 7 nitrogen and oxygen atoms in total. The van der Waals surface area contributed by atoms with Gasteiger partial charge in [0.05, 0.1) is 4.92 Å². The highest BCUT2D eigenvalue weighted by molar-refractivity contribution is 9.10. The van der Waals surface area contributed by atoms with E-state index in [2.05, 4.69) is 20.9 Å². The predicted octanol–water partition coefficient (Wildman–Crippen LogP) is 1.81. The van der Waals surface area contributed by atoms with Crippen LogP contribution in [0.5, 0.6) is 0 Å². The van der Waals surface area contributed by atoms with Crippen molar-refractivity contribution in [1.82, 2.24) is 9.88 Å². The van der Waals surface area contributed by atoms with Gasteiger partial charge in [-0.3, -0.25) is 14.9 Å². The average Bonchev–Trinajstić information content (AvgIpc) is 2.64. The second-order valence-corrected chi connectivity index (χ2v) is 5.52. The Morgan fingerprint density at radius 3 is 2.80 bits per heavy atom. The summed E-state index contributed by atoms with van der Waals surface area (Å²) in [5.74, 6) is 0.397. The van der Waals surface area contributed by atoms with Crippen LogP contribution in [0, 0.1) is 10.1 Å². The second kappa shape index (κ2) is 6.17. The van der Waals surface area contributed by atoms with Crippen molar-refractivity contribution in [1.29, 1.82) is 0 Å². The molecule has 0 N–H and O–H groups in total. The lowest BCUT2D eigenvalue weighted by Gasteiger charge is -2.21. The number of pyridine rings is 1. The van der Waals surface area contributed by atoms with Crippen molar-refractivity contribution in [3.05, 3.63) is 26.9 Å². The number of amides is 1. The van der Waals surface area contributed by atoms with E-state index in [0.29, 0.717) is 36.5 Å². The van der Waals surface area contributed by atoms with Crippen LogP contribution < -0.4 is 4.90 Å². The highest BCUT2D eigenvalue weighted by atomic mass is 79.9. The number of carbonyl (C=O) groups excluding carboxylic acids is 1. The molecule has 0 bridgehead atoms. The molecule has 1 aliphatic rings. The summed E-state index contributed by atoms with van der Waals surface area (Å²) < 4.78 is 0.577. The predicted molar refractivity (Wildman–Crippen MR) is 77.7 cm³/mol. The molecule has 1 aliphatic heterocycles. The third-order valence-electron chi connectivity index (χ3n) is 3.25. The van der Waals surface area contributed by atoms with Gasteiger partial charge in [0.1, 0.15) is 0 Å².